The summed E-state index contributed by atoms with van der Waals surface area (Å²) in [6, 6.07) is 21.1. The van der Waals surface area contributed by atoms with Crippen LogP contribution < -0.4 is 20.2 Å². The number of rotatable bonds is 9. The van der Waals surface area contributed by atoms with Gasteiger partial charge in [0, 0.05) is 15.6 Å². The van der Waals surface area contributed by atoms with Gasteiger partial charge in [-0.2, -0.15) is 5.10 Å². The summed E-state index contributed by atoms with van der Waals surface area (Å²) in [6.45, 7) is 1.99. The molecule has 0 heterocycles. The first-order valence-electron chi connectivity index (χ1n) is 10.2. The average Bonchev–Trinajstić information content (AvgIpc) is 2.84. The Morgan fingerprint density at radius 2 is 1.73 bits per heavy atom. The van der Waals surface area contributed by atoms with Crippen LogP contribution in [-0.4, -0.2) is 31.2 Å². The van der Waals surface area contributed by atoms with E-state index in [1.165, 1.54) is 6.21 Å². The van der Waals surface area contributed by atoms with E-state index in [1.54, 1.807) is 38.3 Å². The summed E-state index contributed by atoms with van der Waals surface area (Å²) < 4.78 is 12.0. The van der Waals surface area contributed by atoms with Crippen molar-refractivity contribution in [2.45, 2.75) is 19.6 Å². The number of halogens is 1. The summed E-state index contributed by atoms with van der Waals surface area (Å²) in [7, 11) is 1.55. The lowest BCUT2D eigenvalue weighted by molar-refractivity contribution is -0.122. The molecule has 1 atom stereocenters. The van der Waals surface area contributed by atoms with Crippen molar-refractivity contribution in [3.05, 3.63) is 94.0 Å². The number of benzene rings is 3. The maximum Gasteiger partial charge on any atom is 0.262 e. The van der Waals surface area contributed by atoms with Crippen LogP contribution in [0.5, 0.6) is 11.5 Å². The van der Waals surface area contributed by atoms with Crippen LogP contribution >= 0.6 is 15.9 Å². The molecule has 3 rings (SSSR count). The molecule has 0 aliphatic carbocycles. The third-order valence-electron chi connectivity index (χ3n) is 4.70. The molecule has 0 aromatic heterocycles. The minimum absolute atomic E-state index is 0.365. The maximum atomic E-state index is 12.3. The number of ether oxygens (including phenoxy) is 2. The molecule has 0 fully saturated rings. The molecule has 3 aromatic rings. The summed E-state index contributed by atoms with van der Waals surface area (Å²) in [6.07, 6.45) is 1.51. The number of hydrogen-bond donors (Lipinski definition) is 2. The van der Waals surface area contributed by atoms with Crippen molar-refractivity contribution >= 4 is 34.0 Å². The van der Waals surface area contributed by atoms with Crippen LogP contribution in [0.25, 0.3) is 0 Å². The quantitative estimate of drug-likeness (QED) is 0.332. The molecule has 0 radical (unpaired) electrons. The fraction of sp³-hybridized carbons (Fsp3) is 0.160. The minimum Gasteiger partial charge on any atom is -0.497 e. The van der Waals surface area contributed by atoms with Crippen LogP contribution in [0, 0.1) is 0 Å². The molecule has 0 bridgehead atoms. The van der Waals surface area contributed by atoms with Crippen molar-refractivity contribution < 1.29 is 19.1 Å². The van der Waals surface area contributed by atoms with Gasteiger partial charge in [0.25, 0.3) is 11.8 Å². The molecule has 0 aliphatic heterocycles. The number of carbonyl (C=O) groups is 2. The Morgan fingerprint density at radius 3 is 2.42 bits per heavy atom. The first kappa shape index (κ1) is 24.0. The Kier molecular flexibility index (Phi) is 8.60. The molecule has 3 aromatic carbocycles. The van der Waals surface area contributed by atoms with Crippen molar-refractivity contribution in [3.8, 4) is 11.5 Å². The van der Waals surface area contributed by atoms with Crippen LogP contribution in [0.3, 0.4) is 0 Å². The molecule has 0 spiro atoms. The molecule has 7 nitrogen and oxygen atoms in total. The van der Waals surface area contributed by atoms with Gasteiger partial charge in [-0.05, 0) is 61.0 Å². The Morgan fingerprint density at radius 1 is 1.03 bits per heavy atom. The highest BCUT2D eigenvalue weighted by Gasteiger charge is 2.16. The Hall–Kier alpha value is -3.65. The van der Waals surface area contributed by atoms with Crippen molar-refractivity contribution in [1.82, 2.24) is 10.7 Å². The summed E-state index contributed by atoms with van der Waals surface area (Å²) in [5, 5.41) is 6.66. The SMILES string of the molecule is COc1ccc(C(=O)NC(C)C(=O)NN=Cc2ccccc2OCc2ccc(Br)cc2)cc1. The predicted molar refractivity (Wildman–Crippen MR) is 131 cm³/mol. The van der Waals surface area contributed by atoms with E-state index in [2.05, 4.69) is 31.8 Å². The lowest BCUT2D eigenvalue weighted by Crippen LogP contribution is -2.43. The van der Waals surface area contributed by atoms with E-state index in [9.17, 15) is 9.59 Å². The van der Waals surface area contributed by atoms with Gasteiger partial charge in [-0.1, -0.05) is 40.2 Å². The van der Waals surface area contributed by atoms with Gasteiger partial charge in [0.2, 0.25) is 0 Å². The monoisotopic (exact) mass is 509 g/mol. The average molecular weight is 510 g/mol. The lowest BCUT2D eigenvalue weighted by Gasteiger charge is -2.12. The van der Waals surface area contributed by atoms with Gasteiger partial charge in [0.05, 0.1) is 13.3 Å². The number of para-hydroxylation sites is 1. The van der Waals surface area contributed by atoms with Crippen LogP contribution in [-0.2, 0) is 11.4 Å². The zero-order valence-electron chi connectivity index (χ0n) is 18.2. The van der Waals surface area contributed by atoms with Gasteiger partial charge in [0.1, 0.15) is 24.1 Å². The topological polar surface area (TPSA) is 89.0 Å². The maximum absolute atomic E-state index is 12.3. The van der Waals surface area contributed by atoms with E-state index in [-0.39, 0.29) is 5.91 Å². The number of amides is 2. The second kappa shape index (κ2) is 11.8. The molecule has 0 saturated heterocycles. The normalized spacial score (nSPS) is 11.6. The molecule has 0 saturated carbocycles. The smallest absolute Gasteiger partial charge is 0.262 e. The highest BCUT2D eigenvalue weighted by Crippen LogP contribution is 2.18. The Labute approximate surface area is 200 Å². The Bertz CT molecular complexity index is 1120. The van der Waals surface area contributed by atoms with Crippen molar-refractivity contribution in [3.63, 3.8) is 0 Å². The summed E-state index contributed by atoms with van der Waals surface area (Å²) in [5.41, 5.74) is 4.62. The predicted octanol–water partition coefficient (Wildman–Crippen LogP) is 4.31. The summed E-state index contributed by atoms with van der Waals surface area (Å²) in [5.74, 6) is 0.476. The van der Waals surface area contributed by atoms with Gasteiger partial charge in [-0.15, -0.1) is 0 Å². The number of hydrazone groups is 1. The Balaban J connectivity index is 1.53. The van der Waals surface area contributed by atoms with E-state index in [1.807, 2.05) is 48.5 Å². The van der Waals surface area contributed by atoms with Crippen LogP contribution in [0.2, 0.25) is 0 Å². The van der Waals surface area contributed by atoms with Crippen molar-refractivity contribution in [2.75, 3.05) is 7.11 Å². The van der Waals surface area contributed by atoms with E-state index in [0.717, 1.165) is 10.0 Å². The highest BCUT2D eigenvalue weighted by molar-refractivity contribution is 9.10. The summed E-state index contributed by atoms with van der Waals surface area (Å²) in [4.78, 5) is 24.6. The zero-order valence-corrected chi connectivity index (χ0v) is 19.8. The largest absolute Gasteiger partial charge is 0.497 e. The molecule has 33 heavy (non-hydrogen) atoms. The fourth-order valence-corrected chi connectivity index (χ4v) is 3.07. The van der Waals surface area contributed by atoms with Crippen LogP contribution in [0.15, 0.2) is 82.4 Å². The molecule has 1 unspecified atom stereocenters. The molecule has 170 valence electrons. The number of methoxy groups -OCH3 is 1. The first-order chi connectivity index (χ1) is 16.0. The highest BCUT2D eigenvalue weighted by atomic mass is 79.9. The molecule has 8 heteroatoms. The van der Waals surface area contributed by atoms with Gasteiger partial charge in [-0.25, -0.2) is 5.43 Å². The molecule has 0 aliphatic rings. The number of nitrogens with zero attached hydrogens (tertiary/aromatic N) is 1. The van der Waals surface area contributed by atoms with Crippen molar-refractivity contribution in [1.29, 1.82) is 0 Å². The molecule has 2 amide bonds. The van der Waals surface area contributed by atoms with Gasteiger partial charge < -0.3 is 14.8 Å². The van der Waals surface area contributed by atoms with Crippen molar-refractivity contribution in [2.24, 2.45) is 5.10 Å². The molecule has 2 N–H and O–H groups in total. The third-order valence-corrected chi connectivity index (χ3v) is 5.23. The number of nitrogens with one attached hydrogen (secondary N) is 2. The second-order valence-electron chi connectivity index (χ2n) is 7.11. The molecular formula is C25H24BrN3O4. The molecular weight excluding hydrogens is 486 g/mol. The van der Waals surface area contributed by atoms with E-state index >= 15 is 0 Å². The fourth-order valence-electron chi connectivity index (χ4n) is 2.81. The number of hydrogen-bond acceptors (Lipinski definition) is 5. The van der Waals surface area contributed by atoms with Gasteiger partial charge in [-0.3, -0.25) is 9.59 Å². The first-order valence-corrected chi connectivity index (χ1v) is 11.0. The van der Waals surface area contributed by atoms with Gasteiger partial charge >= 0.3 is 0 Å². The summed E-state index contributed by atoms with van der Waals surface area (Å²) >= 11 is 3.41. The standard InChI is InChI=1S/C25H24BrN3O4/c1-17(28-25(31)19-9-13-22(32-2)14-10-19)24(30)29-27-15-20-5-3-4-6-23(20)33-16-18-7-11-21(26)12-8-18/h3-15,17H,16H2,1-2H3,(H,28,31)(H,29,30). The van der Waals surface area contributed by atoms with E-state index in [4.69, 9.17) is 9.47 Å². The second-order valence-corrected chi connectivity index (χ2v) is 8.03. The third kappa shape index (κ3) is 7.18. The van der Waals surface area contributed by atoms with E-state index in [0.29, 0.717) is 29.2 Å². The minimum atomic E-state index is -0.777. The number of carbonyl (C=O) groups excluding carboxylic acids is 2. The zero-order chi connectivity index (χ0) is 23.6. The van der Waals surface area contributed by atoms with Crippen LogP contribution in [0.4, 0.5) is 0 Å². The van der Waals surface area contributed by atoms with Crippen LogP contribution in [0.1, 0.15) is 28.4 Å². The van der Waals surface area contributed by atoms with Gasteiger partial charge in [0.15, 0.2) is 0 Å². The van der Waals surface area contributed by atoms with E-state index < -0.39 is 11.9 Å². The lowest BCUT2D eigenvalue weighted by atomic mass is 10.2.